The summed E-state index contributed by atoms with van der Waals surface area (Å²) in [5, 5.41) is 3.77. The second-order valence-electron chi connectivity index (χ2n) is 6.69. The zero-order valence-corrected chi connectivity index (χ0v) is 12.4. The zero-order chi connectivity index (χ0) is 12.6. The largest absolute Gasteiger partial charge is 0.314 e. The van der Waals surface area contributed by atoms with Crippen LogP contribution in [0.3, 0.4) is 0 Å². The molecule has 0 spiro atoms. The highest BCUT2D eigenvalue weighted by Crippen LogP contribution is 2.34. The van der Waals surface area contributed by atoms with E-state index in [0.717, 1.165) is 17.9 Å². The monoisotopic (exact) mass is 251 g/mol. The van der Waals surface area contributed by atoms with Gasteiger partial charge in [0.1, 0.15) is 0 Å². The summed E-state index contributed by atoms with van der Waals surface area (Å²) in [6.07, 6.45) is 17.6. The van der Waals surface area contributed by atoms with E-state index in [-0.39, 0.29) is 0 Å². The normalized spacial score (nSPS) is 28.5. The lowest BCUT2D eigenvalue weighted by Gasteiger charge is -2.32. The third kappa shape index (κ3) is 5.30. The predicted octanol–water partition coefficient (Wildman–Crippen LogP) is 4.91. The first-order valence-corrected chi connectivity index (χ1v) is 8.63. The highest BCUT2D eigenvalue weighted by Gasteiger charge is 2.27. The maximum absolute atomic E-state index is 3.77. The molecule has 0 aromatic carbocycles. The summed E-state index contributed by atoms with van der Waals surface area (Å²) in [4.78, 5) is 0. The highest BCUT2D eigenvalue weighted by molar-refractivity contribution is 4.84. The van der Waals surface area contributed by atoms with Crippen LogP contribution < -0.4 is 5.32 Å². The third-order valence-electron chi connectivity index (χ3n) is 4.99. The van der Waals surface area contributed by atoms with Crippen molar-refractivity contribution in [3.05, 3.63) is 0 Å². The lowest BCUT2D eigenvalue weighted by Crippen LogP contribution is -2.31. The maximum atomic E-state index is 3.77. The number of nitrogens with one attached hydrogen (secondary N) is 1. The first-order chi connectivity index (χ1) is 8.90. The summed E-state index contributed by atoms with van der Waals surface area (Å²) in [5.41, 5.74) is 0. The van der Waals surface area contributed by atoms with Crippen molar-refractivity contribution in [2.75, 3.05) is 6.54 Å². The van der Waals surface area contributed by atoms with Gasteiger partial charge >= 0.3 is 0 Å². The Bertz CT molecular complexity index is 210. The van der Waals surface area contributed by atoms with Gasteiger partial charge < -0.3 is 5.32 Å². The molecule has 0 aliphatic heterocycles. The molecule has 1 heteroatoms. The molecule has 0 heterocycles. The molecule has 0 bridgehead atoms. The van der Waals surface area contributed by atoms with E-state index in [2.05, 4.69) is 12.2 Å². The van der Waals surface area contributed by atoms with E-state index >= 15 is 0 Å². The Labute approximate surface area is 114 Å². The SMILES string of the molecule is CCCCCCCC1CCCCC1CNC1CC1. The van der Waals surface area contributed by atoms with Crippen LogP contribution in [0.5, 0.6) is 0 Å². The molecule has 1 N–H and O–H groups in total. The molecule has 2 atom stereocenters. The fourth-order valence-electron chi connectivity index (χ4n) is 3.55. The van der Waals surface area contributed by atoms with E-state index < -0.39 is 0 Å². The van der Waals surface area contributed by atoms with Gasteiger partial charge in [-0.25, -0.2) is 0 Å². The van der Waals surface area contributed by atoms with Gasteiger partial charge in [-0.2, -0.15) is 0 Å². The van der Waals surface area contributed by atoms with Crippen molar-refractivity contribution in [2.45, 2.75) is 90.0 Å². The van der Waals surface area contributed by atoms with Crippen molar-refractivity contribution in [3.63, 3.8) is 0 Å². The van der Waals surface area contributed by atoms with Crippen LogP contribution in [0, 0.1) is 11.8 Å². The topological polar surface area (TPSA) is 12.0 Å². The molecule has 0 amide bonds. The smallest absolute Gasteiger partial charge is 0.00683 e. The Kier molecular flexibility index (Phi) is 6.54. The molecular formula is C17H33N. The van der Waals surface area contributed by atoms with Gasteiger partial charge in [0.05, 0.1) is 0 Å². The number of rotatable bonds is 9. The average molecular weight is 251 g/mol. The van der Waals surface area contributed by atoms with E-state index in [0.29, 0.717) is 0 Å². The van der Waals surface area contributed by atoms with Crippen molar-refractivity contribution < 1.29 is 0 Å². The molecule has 2 aliphatic carbocycles. The van der Waals surface area contributed by atoms with Crippen LogP contribution in [-0.4, -0.2) is 12.6 Å². The van der Waals surface area contributed by atoms with E-state index in [4.69, 9.17) is 0 Å². The number of hydrogen-bond acceptors (Lipinski definition) is 1. The van der Waals surface area contributed by atoms with Gasteiger partial charge in [-0.3, -0.25) is 0 Å². The minimum absolute atomic E-state index is 0.900. The Balaban J connectivity index is 1.59. The molecule has 2 aliphatic rings. The van der Waals surface area contributed by atoms with Crippen LogP contribution in [-0.2, 0) is 0 Å². The molecule has 2 saturated carbocycles. The number of hydrogen-bond donors (Lipinski definition) is 1. The summed E-state index contributed by atoms with van der Waals surface area (Å²) in [7, 11) is 0. The molecule has 2 unspecified atom stereocenters. The zero-order valence-electron chi connectivity index (χ0n) is 12.4. The van der Waals surface area contributed by atoms with Crippen LogP contribution in [0.15, 0.2) is 0 Å². The van der Waals surface area contributed by atoms with Crippen LogP contribution in [0.1, 0.15) is 84.0 Å². The Hall–Kier alpha value is -0.0400. The maximum Gasteiger partial charge on any atom is 0.00683 e. The van der Waals surface area contributed by atoms with Gasteiger partial charge in [0.2, 0.25) is 0 Å². The van der Waals surface area contributed by atoms with Crippen LogP contribution in [0.2, 0.25) is 0 Å². The molecule has 0 aromatic rings. The molecule has 2 rings (SSSR count). The van der Waals surface area contributed by atoms with Crippen LogP contribution in [0.25, 0.3) is 0 Å². The van der Waals surface area contributed by atoms with E-state index in [1.165, 1.54) is 83.6 Å². The lowest BCUT2D eigenvalue weighted by atomic mass is 9.76. The second kappa shape index (κ2) is 8.19. The predicted molar refractivity (Wildman–Crippen MR) is 79.8 cm³/mol. The van der Waals surface area contributed by atoms with Gasteiger partial charge in [-0.15, -0.1) is 0 Å². The second-order valence-corrected chi connectivity index (χ2v) is 6.69. The molecule has 2 fully saturated rings. The molecule has 0 radical (unpaired) electrons. The van der Waals surface area contributed by atoms with Crippen molar-refractivity contribution in [1.29, 1.82) is 0 Å². The fraction of sp³-hybridized carbons (Fsp3) is 1.00. The van der Waals surface area contributed by atoms with Gasteiger partial charge in [0.15, 0.2) is 0 Å². The van der Waals surface area contributed by atoms with E-state index in [1.54, 1.807) is 0 Å². The van der Waals surface area contributed by atoms with Gasteiger partial charge in [0.25, 0.3) is 0 Å². The lowest BCUT2D eigenvalue weighted by molar-refractivity contribution is 0.212. The summed E-state index contributed by atoms with van der Waals surface area (Å²) in [6, 6.07) is 0.900. The van der Waals surface area contributed by atoms with Crippen LogP contribution in [0.4, 0.5) is 0 Å². The van der Waals surface area contributed by atoms with Gasteiger partial charge in [-0.1, -0.05) is 64.7 Å². The molecule has 106 valence electrons. The van der Waals surface area contributed by atoms with Crippen molar-refractivity contribution in [2.24, 2.45) is 11.8 Å². The Morgan fingerprint density at radius 3 is 2.28 bits per heavy atom. The molecule has 18 heavy (non-hydrogen) atoms. The molecular weight excluding hydrogens is 218 g/mol. The first-order valence-electron chi connectivity index (χ1n) is 8.63. The van der Waals surface area contributed by atoms with E-state index in [1.807, 2.05) is 0 Å². The molecule has 0 saturated heterocycles. The van der Waals surface area contributed by atoms with Gasteiger partial charge in [-0.05, 0) is 37.6 Å². The summed E-state index contributed by atoms with van der Waals surface area (Å²) >= 11 is 0. The standard InChI is InChI=1S/C17H33N/c1-2-3-4-5-6-9-15-10-7-8-11-16(15)14-18-17-12-13-17/h15-18H,2-14H2,1H3. The first kappa shape index (κ1) is 14.4. The summed E-state index contributed by atoms with van der Waals surface area (Å²) in [5.74, 6) is 2.05. The van der Waals surface area contributed by atoms with Crippen molar-refractivity contribution in [1.82, 2.24) is 5.32 Å². The minimum atomic E-state index is 0.900. The molecule has 1 nitrogen and oxygen atoms in total. The highest BCUT2D eigenvalue weighted by atomic mass is 14.9. The minimum Gasteiger partial charge on any atom is -0.314 e. The van der Waals surface area contributed by atoms with E-state index in [9.17, 15) is 0 Å². The summed E-state index contributed by atoms with van der Waals surface area (Å²) < 4.78 is 0. The average Bonchev–Trinajstić information content (AvgIpc) is 3.21. The van der Waals surface area contributed by atoms with Crippen molar-refractivity contribution >= 4 is 0 Å². The van der Waals surface area contributed by atoms with Crippen LogP contribution >= 0.6 is 0 Å². The summed E-state index contributed by atoms with van der Waals surface area (Å²) in [6.45, 7) is 3.63. The third-order valence-corrected chi connectivity index (χ3v) is 4.99. The van der Waals surface area contributed by atoms with Gasteiger partial charge in [0, 0.05) is 6.04 Å². The number of unbranched alkanes of at least 4 members (excludes halogenated alkanes) is 4. The van der Waals surface area contributed by atoms with Crippen molar-refractivity contribution in [3.8, 4) is 0 Å². The molecule has 0 aromatic heterocycles. The Morgan fingerprint density at radius 2 is 1.56 bits per heavy atom. The fourth-order valence-corrected chi connectivity index (χ4v) is 3.55. The quantitative estimate of drug-likeness (QED) is 0.574. The Morgan fingerprint density at radius 1 is 0.833 bits per heavy atom.